The third-order valence-corrected chi connectivity index (χ3v) is 4.34. The average molecular weight is 379 g/mol. The molecule has 2 aromatic rings. The summed E-state index contributed by atoms with van der Waals surface area (Å²) in [6.07, 6.45) is 0.603. The Morgan fingerprint density at radius 1 is 1.35 bits per heavy atom. The van der Waals surface area contributed by atoms with E-state index in [1.165, 1.54) is 30.0 Å². The highest BCUT2D eigenvalue weighted by Crippen LogP contribution is 2.20. The van der Waals surface area contributed by atoms with Gasteiger partial charge >= 0.3 is 0 Å². The van der Waals surface area contributed by atoms with E-state index in [1.54, 1.807) is 6.07 Å². The number of thioether (sulfide) groups is 1. The summed E-state index contributed by atoms with van der Waals surface area (Å²) in [4.78, 5) is 23.1. The van der Waals surface area contributed by atoms with E-state index < -0.39 is 11.7 Å². The summed E-state index contributed by atoms with van der Waals surface area (Å²) in [5, 5.41) is 11.5. The second kappa shape index (κ2) is 9.33. The number of anilines is 1. The third-order valence-electron chi connectivity index (χ3n) is 3.38. The molecular weight excluding hydrogens is 357 g/mol. The highest BCUT2D eigenvalue weighted by atomic mass is 32.2. The predicted molar refractivity (Wildman–Crippen MR) is 98.1 cm³/mol. The fraction of sp³-hybridized carbons (Fsp3) is 0.412. The van der Waals surface area contributed by atoms with Crippen LogP contribution in [0, 0.1) is 11.7 Å². The Labute approximate surface area is 155 Å². The Kier molecular flexibility index (Phi) is 7.14. The van der Waals surface area contributed by atoms with Crippen LogP contribution in [0.5, 0.6) is 0 Å². The lowest BCUT2D eigenvalue weighted by Gasteiger charge is -2.12. The largest absolute Gasteiger partial charge is 0.370 e. The minimum absolute atomic E-state index is 0.114. The van der Waals surface area contributed by atoms with Gasteiger partial charge in [-0.2, -0.15) is 0 Å². The van der Waals surface area contributed by atoms with Crippen molar-refractivity contribution in [3.8, 4) is 0 Å². The molecule has 1 aromatic heterocycles. The van der Waals surface area contributed by atoms with Crippen molar-refractivity contribution in [2.75, 3.05) is 11.1 Å². The van der Waals surface area contributed by atoms with Crippen LogP contribution in [0.1, 0.15) is 26.1 Å². The first-order chi connectivity index (χ1) is 12.3. The molecule has 0 aliphatic carbocycles. The number of benzene rings is 1. The zero-order valence-electron chi connectivity index (χ0n) is 14.7. The zero-order valence-corrected chi connectivity index (χ0v) is 15.6. The maximum absolute atomic E-state index is 13.2. The number of carbonyl (C=O) groups excluding carboxylic acids is 2. The number of halogens is 1. The molecule has 0 bridgehead atoms. The lowest BCUT2D eigenvalue weighted by Crippen LogP contribution is -2.16. The number of nitrogens with zero attached hydrogens (tertiary/aromatic N) is 3. The maximum Gasteiger partial charge on any atom is 0.234 e. The molecule has 0 unspecified atom stereocenters. The van der Waals surface area contributed by atoms with Crippen molar-refractivity contribution in [2.24, 2.45) is 11.7 Å². The van der Waals surface area contributed by atoms with E-state index in [0.717, 1.165) is 0 Å². The molecule has 26 heavy (non-hydrogen) atoms. The molecule has 1 aromatic carbocycles. The summed E-state index contributed by atoms with van der Waals surface area (Å²) in [6, 6.07) is 5.72. The Bertz CT molecular complexity index is 778. The average Bonchev–Trinajstić information content (AvgIpc) is 2.92. The normalized spacial score (nSPS) is 10.9. The molecule has 0 aliphatic heterocycles. The first kappa shape index (κ1) is 19.9. The smallest absolute Gasteiger partial charge is 0.234 e. The quantitative estimate of drug-likeness (QED) is 0.650. The van der Waals surface area contributed by atoms with E-state index in [9.17, 15) is 14.0 Å². The molecule has 1 heterocycles. The van der Waals surface area contributed by atoms with Crippen molar-refractivity contribution < 1.29 is 14.0 Å². The van der Waals surface area contributed by atoms with Crippen LogP contribution in [0.25, 0.3) is 0 Å². The molecule has 2 rings (SSSR count). The molecule has 0 atom stereocenters. The van der Waals surface area contributed by atoms with Crippen molar-refractivity contribution in [2.45, 2.75) is 38.4 Å². The van der Waals surface area contributed by atoms with Crippen molar-refractivity contribution in [1.29, 1.82) is 0 Å². The van der Waals surface area contributed by atoms with Crippen LogP contribution in [0.15, 0.2) is 29.4 Å². The highest BCUT2D eigenvalue weighted by molar-refractivity contribution is 7.99. The second-order valence-electron chi connectivity index (χ2n) is 6.22. The lowest BCUT2D eigenvalue weighted by molar-refractivity contribution is -0.118. The number of carbonyl (C=O) groups is 2. The Hall–Kier alpha value is -2.42. The van der Waals surface area contributed by atoms with Gasteiger partial charge in [-0.05, 0) is 24.1 Å². The number of nitrogens with two attached hydrogens (primary N) is 1. The Balaban J connectivity index is 2.01. The van der Waals surface area contributed by atoms with E-state index in [2.05, 4.69) is 29.4 Å². The molecule has 3 N–H and O–H groups in total. The van der Waals surface area contributed by atoms with Crippen LogP contribution in [-0.2, 0) is 22.6 Å². The number of amides is 2. The number of aryl methyl sites for hydroxylation is 1. The number of rotatable bonds is 9. The van der Waals surface area contributed by atoms with Gasteiger partial charge in [0.25, 0.3) is 0 Å². The van der Waals surface area contributed by atoms with Gasteiger partial charge in [0.15, 0.2) is 5.16 Å². The number of aromatic nitrogens is 3. The summed E-state index contributed by atoms with van der Waals surface area (Å²) in [5.41, 5.74) is 5.60. The van der Waals surface area contributed by atoms with Crippen LogP contribution in [-0.4, -0.2) is 32.3 Å². The van der Waals surface area contributed by atoms with Crippen molar-refractivity contribution >= 4 is 29.3 Å². The van der Waals surface area contributed by atoms with Crippen molar-refractivity contribution in [3.63, 3.8) is 0 Å². The van der Waals surface area contributed by atoms with Gasteiger partial charge in [0, 0.05) is 25.1 Å². The van der Waals surface area contributed by atoms with Crippen LogP contribution in [0.2, 0.25) is 0 Å². The first-order valence-corrected chi connectivity index (χ1v) is 9.22. The Morgan fingerprint density at radius 3 is 2.77 bits per heavy atom. The summed E-state index contributed by atoms with van der Waals surface area (Å²) in [7, 11) is 0. The molecular formula is C17H22FN5O2S. The van der Waals surface area contributed by atoms with Gasteiger partial charge in [0.1, 0.15) is 11.6 Å². The topological polar surface area (TPSA) is 103 Å². The van der Waals surface area contributed by atoms with E-state index >= 15 is 0 Å². The highest BCUT2D eigenvalue weighted by Gasteiger charge is 2.16. The van der Waals surface area contributed by atoms with E-state index in [0.29, 0.717) is 35.6 Å². The molecule has 0 spiro atoms. The van der Waals surface area contributed by atoms with Crippen molar-refractivity contribution in [3.05, 3.63) is 35.9 Å². The number of nitrogens with one attached hydrogen (secondary N) is 1. The minimum Gasteiger partial charge on any atom is -0.370 e. The van der Waals surface area contributed by atoms with Gasteiger partial charge in [-0.3, -0.25) is 9.59 Å². The molecule has 9 heteroatoms. The standard InChI is InChI=1S/C17H22FN5O2S/c1-11(2)9-23-15(7-6-14(19)24)21-22-17(23)26-10-16(25)20-13-5-3-4-12(18)8-13/h3-5,8,11H,6-7,9-10H2,1-2H3,(H2,19,24)(H,20,25). The first-order valence-electron chi connectivity index (χ1n) is 8.23. The molecule has 0 saturated carbocycles. The second-order valence-corrected chi connectivity index (χ2v) is 7.16. The predicted octanol–water partition coefficient (Wildman–Crippen LogP) is 2.22. The van der Waals surface area contributed by atoms with E-state index in [4.69, 9.17) is 5.73 Å². The molecule has 0 aliphatic rings. The minimum atomic E-state index is -0.411. The molecule has 0 radical (unpaired) electrons. The molecule has 2 amide bonds. The number of hydrogen-bond donors (Lipinski definition) is 2. The van der Waals surface area contributed by atoms with Gasteiger partial charge in [-0.25, -0.2) is 4.39 Å². The SMILES string of the molecule is CC(C)Cn1c(CCC(N)=O)nnc1SCC(=O)Nc1cccc(F)c1. The van der Waals surface area contributed by atoms with Crippen LogP contribution < -0.4 is 11.1 Å². The van der Waals surface area contributed by atoms with Gasteiger partial charge in [-0.15, -0.1) is 10.2 Å². The van der Waals surface area contributed by atoms with Crippen LogP contribution in [0.4, 0.5) is 10.1 Å². The number of hydrogen-bond acceptors (Lipinski definition) is 5. The maximum atomic E-state index is 13.2. The zero-order chi connectivity index (χ0) is 19.1. The van der Waals surface area contributed by atoms with Crippen LogP contribution >= 0.6 is 11.8 Å². The third kappa shape index (κ3) is 6.14. The number of primary amides is 1. The van der Waals surface area contributed by atoms with Gasteiger partial charge in [-0.1, -0.05) is 31.7 Å². The fourth-order valence-electron chi connectivity index (χ4n) is 2.29. The molecule has 7 nitrogen and oxygen atoms in total. The molecule has 0 saturated heterocycles. The lowest BCUT2D eigenvalue weighted by atomic mass is 10.2. The van der Waals surface area contributed by atoms with Gasteiger partial charge in [0.05, 0.1) is 5.75 Å². The van der Waals surface area contributed by atoms with Crippen molar-refractivity contribution in [1.82, 2.24) is 14.8 Å². The summed E-state index contributed by atoms with van der Waals surface area (Å²) < 4.78 is 15.1. The summed E-state index contributed by atoms with van der Waals surface area (Å²) in [5.74, 6) is 0.0597. The van der Waals surface area contributed by atoms with E-state index in [-0.39, 0.29) is 18.1 Å². The molecule has 0 fully saturated rings. The van der Waals surface area contributed by atoms with Gasteiger partial charge in [0.2, 0.25) is 11.8 Å². The fourth-order valence-corrected chi connectivity index (χ4v) is 3.05. The van der Waals surface area contributed by atoms with Crippen LogP contribution in [0.3, 0.4) is 0 Å². The monoisotopic (exact) mass is 379 g/mol. The molecule has 140 valence electrons. The Morgan fingerprint density at radius 2 is 2.12 bits per heavy atom. The summed E-state index contributed by atoms with van der Waals surface area (Å²) >= 11 is 1.24. The van der Waals surface area contributed by atoms with E-state index in [1.807, 2.05) is 4.57 Å². The summed E-state index contributed by atoms with van der Waals surface area (Å²) in [6.45, 7) is 4.79. The van der Waals surface area contributed by atoms with Gasteiger partial charge < -0.3 is 15.6 Å².